The number of aryl methyl sites for hydroxylation is 2. The van der Waals surface area contributed by atoms with E-state index >= 15 is 0 Å². The summed E-state index contributed by atoms with van der Waals surface area (Å²) in [5.41, 5.74) is 1.14. The van der Waals surface area contributed by atoms with E-state index < -0.39 is 10.0 Å². The van der Waals surface area contributed by atoms with Crippen LogP contribution in [-0.4, -0.2) is 42.5 Å². The topological polar surface area (TPSA) is 79.4 Å². The molecule has 1 saturated heterocycles. The number of hydrogen-bond acceptors (Lipinski definition) is 5. The number of thiazole rings is 1. The predicted molar refractivity (Wildman–Crippen MR) is 105 cm³/mol. The molecule has 0 saturated carbocycles. The van der Waals surface area contributed by atoms with E-state index in [2.05, 4.69) is 10.3 Å². The van der Waals surface area contributed by atoms with Crippen LogP contribution in [0.3, 0.4) is 0 Å². The highest BCUT2D eigenvalue weighted by molar-refractivity contribution is 7.89. The second kappa shape index (κ2) is 8.80. The molecule has 1 aliphatic heterocycles. The molecule has 2 heterocycles. The van der Waals surface area contributed by atoms with Crippen molar-refractivity contribution in [2.24, 2.45) is 5.92 Å². The Morgan fingerprint density at radius 2 is 2.00 bits per heavy atom. The first kappa shape index (κ1) is 19.8. The maximum Gasteiger partial charge on any atom is 0.230 e. The van der Waals surface area contributed by atoms with E-state index in [9.17, 15) is 13.2 Å². The van der Waals surface area contributed by atoms with Crippen molar-refractivity contribution in [3.05, 3.63) is 10.6 Å². The van der Waals surface area contributed by atoms with E-state index in [1.54, 1.807) is 11.3 Å². The Hall–Kier alpha value is -0.990. The lowest BCUT2D eigenvalue weighted by Crippen LogP contribution is -2.44. The number of amides is 1. The summed E-state index contributed by atoms with van der Waals surface area (Å²) < 4.78 is 26.1. The van der Waals surface area contributed by atoms with Crippen LogP contribution in [-0.2, 0) is 27.7 Å². The van der Waals surface area contributed by atoms with Crippen molar-refractivity contribution in [3.8, 4) is 0 Å². The molecule has 0 bridgehead atoms. The van der Waals surface area contributed by atoms with Crippen molar-refractivity contribution in [3.63, 3.8) is 0 Å². The van der Waals surface area contributed by atoms with E-state index in [1.165, 1.54) is 28.4 Å². The molecule has 0 spiro atoms. The number of sulfonamides is 1. The van der Waals surface area contributed by atoms with Crippen molar-refractivity contribution in [1.82, 2.24) is 9.29 Å². The van der Waals surface area contributed by atoms with Gasteiger partial charge in [0.25, 0.3) is 0 Å². The summed E-state index contributed by atoms with van der Waals surface area (Å²) in [4.78, 5) is 18.6. The minimum absolute atomic E-state index is 0.0943. The van der Waals surface area contributed by atoms with Crippen LogP contribution in [0, 0.1) is 5.92 Å². The number of carbonyl (C=O) groups excluding carboxylic acids is 1. The van der Waals surface area contributed by atoms with Crippen LogP contribution in [0.4, 0.5) is 5.13 Å². The summed E-state index contributed by atoms with van der Waals surface area (Å²) in [6.45, 7) is 2.68. The summed E-state index contributed by atoms with van der Waals surface area (Å²) in [5.74, 6) is -0.231. The summed E-state index contributed by atoms with van der Waals surface area (Å²) in [6.07, 6.45) is 8.98. The second-order valence-electron chi connectivity index (χ2n) is 7.31. The van der Waals surface area contributed by atoms with Gasteiger partial charge in [0.05, 0.1) is 17.4 Å². The molecular formula is C18H29N3O3S2. The SMILES string of the molecule is CCCS(=O)(=O)N1CCCC(C(=O)Nc2nc3c(s2)CCCCCC3)C1. The number of hydrogen-bond donors (Lipinski definition) is 1. The van der Waals surface area contributed by atoms with E-state index in [0.29, 0.717) is 24.6 Å². The molecule has 1 N–H and O–H groups in total. The van der Waals surface area contributed by atoms with E-state index in [4.69, 9.17) is 0 Å². The molecule has 6 nitrogen and oxygen atoms in total. The van der Waals surface area contributed by atoms with Gasteiger partial charge in [-0.05, 0) is 44.9 Å². The lowest BCUT2D eigenvalue weighted by atomic mass is 9.99. The molecule has 0 radical (unpaired) electrons. The number of rotatable bonds is 5. The Morgan fingerprint density at radius 1 is 1.23 bits per heavy atom. The van der Waals surface area contributed by atoms with Crippen LogP contribution in [0.5, 0.6) is 0 Å². The Labute approximate surface area is 160 Å². The summed E-state index contributed by atoms with van der Waals surface area (Å²) >= 11 is 1.59. The molecule has 8 heteroatoms. The van der Waals surface area contributed by atoms with Crippen molar-refractivity contribution < 1.29 is 13.2 Å². The van der Waals surface area contributed by atoms with Gasteiger partial charge in [-0.15, -0.1) is 11.3 Å². The van der Waals surface area contributed by atoms with Crippen LogP contribution >= 0.6 is 11.3 Å². The van der Waals surface area contributed by atoms with Crippen LogP contribution < -0.4 is 5.32 Å². The molecule has 146 valence electrons. The third-order valence-electron chi connectivity index (χ3n) is 5.19. The van der Waals surface area contributed by atoms with Gasteiger partial charge in [-0.3, -0.25) is 4.79 Å². The first-order valence-corrected chi connectivity index (χ1v) is 12.2. The Kier molecular flexibility index (Phi) is 6.69. The van der Waals surface area contributed by atoms with Crippen LogP contribution in [0.1, 0.15) is 62.4 Å². The fourth-order valence-electron chi connectivity index (χ4n) is 3.76. The van der Waals surface area contributed by atoms with Crippen molar-refractivity contribution in [2.75, 3.05) is 24.2 Å². The highest BCUT2D eigenvalue weighted by atomic mass is 32.2. The summed E-state index contributed by atoms with van der Waals surface area (Å²) in [7, 11) is -3.24. The van der Waals surface area contributed by atoms with Crippen molar-refractivity contribution >= 4 is 32.4 Å². The van der Waals surface area contributed by atoms with E-state index in [1.807, 2.05) is 6.92 Å². The number of nitrogens with zero attached hydrogens (tertiary/aromatic N) is 2. The zero-order chi connectivity index (χ0) is 18.6. The molecule has 1 aromatic heterocycles. The van der Waals surface area contributed by atoms with Gasteiger partial charge in [-0.25, -0.2) is 17.7 Å². The number of piperidine rings is 1. The van der Waals surface area contributed by atoms with Gasteiger partial charge in [0.2, 0.25) is 15.9 Å². The van der Waals surface area contributed by atoms with E-state index in [-0.39, 0.29) is 17.6 Å². The van der Waals surface area contributed by atoms with Gasteiger partial charge < -0.3 is 5.32 Å². The van der Waals surface area contributed by atoms with Crippen LogP contribution in [0.25, 0.3) is 0 Å². The fourth-order valence-corrected chi connectivity index (χ4v) is 6.40. The van der Waals surface area contributed by atoms with E-state index in [0.717, 1.165) is 37.8 Å². The predicted octanol–water partition coefficient (Wildman–Crippen LogP) is 3.19. The molecular weight excluding hydrogens is 370 g/mol. The van der Waals surface area contributed by atoms with Crippen molar-refractivity contribution in [2.45, 2.75) is 64.7 Å². The Morgan fingerprint density at radius 3 is 2.77 bits per heavy atom. The second-order valence-corrected chi connectivity index (χ2v) is 10.5. The third-order valence-corrected chi connectivity index (χ3v) is 8.30. The smallest absolute Gasteiger partial charge is 0.230 e. The zero-order valence-corrected chi connectivity index (χ0v) is 17.1. The Balaban J connectivity index is 1.63. The highest BCUT2D eigenvalue weighted by Crippen LogP contribution is 2.29. The lowest BCUT2D eigenvalue weighted by molar-refractivity contribution is -0.120. The van der Waals surface area contributed by atoms with Gasteiger partial charge in [-0.2, -0.15) is 0 Å². The molecule has 1 fully saturated rings. The normalized spacial score (nSPS) is 22.3. The summed E-state index contributed by atoms with van der Waals surface area (Å²) in [6, 6.07) is 0. The number of fused-ring (bicyclic) bond motifs is 1. The largest absolute Gasteiger partial charge is 0.302 e. The van der Waals surface area contributed by atoms with Gasteiger partial charge in [0.1, 0.15) is 0 Å². The molecule has 1 unspecified atom stereocenters. The lowest BCUT2D eigenvalue weighted by Gasteiger charge is -2.30. The minimum Gasteiger partial charge on any atom is -0.302 e. The fraction of sp³-hybridized carbons (Fsp3) is 0.778. The number of nitrogens with one attached hydrogen (secondary N) is 1. The van der Waals surface area contributed by atoms with Crippen molar-refractivity contribution in [1.29, 1.82) is 0 Å². The van der Waals surface area contributed by atoms with Gasteiger partial charge in [0, 0.05) is 18.0 Å². The maximum absolute atomic E-state index is 12.7. The van der Waals surface area contributed by atoms with Gasteiger partial charge in [0.15, 0.2) is 5.13 Å². The average Bonchev–Trinajstić information content (AvgIpc) is 2.95. The monoisotopic (exact) mass is 399 g/mol. The first-order valence-electron chi connectivity index (χ1n) is 9.77. The molecule has 26 heavy (non-hydrogen) atoms. The highest BCUT2D eigenvalue weighted by Gasteiger charge is 2.32. The van der Waals surface area contributed by atoms with Crippen LogP contribution in [0.2, 0.25) is 0 Å². The quantitative estimate of drug-likeness (QED) is 0.825. The minimum atomic E-state index is -3.24. The molecule has 1 aromatic rings. The molecule has 1 aliphatic carbocycles. The number of carbonyl (C=O) groups is 1. The Bertz CT molecular complexity index is 705. The third kappa shape index (κ3) is 4.84. The molecule has 1 amide bonds. The van der Waals surface area contributed by atoms with Gasteiger partial charge in [-0.1, -0.05) is 19.8 Å². The zero-order valence-electron chi connectivity index (χ0n) is 15.5. The average molecular weight is 400 g/mol. The molecule has 3 rings (SSSR count). The van der Waals surface area contributed by atoms with Gasteiger partial charge >= 0.3 is 0 Å². The standard InChI is InChI=1S/C18H29N3O3S2/c1-2-12-26(23,24)21-11-7-8-14(13-21)17(22)20-18-19-15-9-5-3-4-6-10-16(15)25-18/h14H,2-13H2,1H3,(H,19,20,22). The van der Waals surface area contributed by atoms with Crippen LogP contribution in [0.15, 0.2) is 0 Å². The number of anilines is 1. The maximum atomic E-state index is 12.7. The summed E-state index contributed by atoms with van der Waals surface area (Å²) in [5, 5.41) is 3.64. The number of aromatic nitrogens is 1. The molecule has 2 aliphatic rings. The first-order chi connectivity index (χ1) is 12.5. The molecule has 1 atom stereocenters. The molecule has 0 aromatic carbocycles.